The number of nitrogens with one attached hydrogen (secondary N) is 1. The Labute approximate surface area is 234 Å². The van der Waals surface area contributed by atoms with Gasteiger partial charge in [-0.05, 0) is 55.3 Å². The molecule has 2 aromatic carbocycles. The Morgan fingerprint density at radius 3 is 2.65 bits per heavy atom. The van der Waals surface area contributed by atoms with Gasteiger partial charge in [-0.2, -0.15) is 0 Å². The zero-order valence-corrected chi connectivity index (χ0v) is 22.9. The smallest absolute Gasteiger partial charge is 0.404 e. The van der Waals surface area contributed by atoms with Crippen LogP contribution in [0.4, 0.5) is 10.5 Å². The molecule has 0 bridgehead atoms. The maximum Gasteiger partial charge on any atom is 0.404 e. The lowest BCUT2D eigenvalue weighted by Crippen LogP contribution is -2.28. The number of amides is 2. The van der Waals surface area contributed by atoms with E-state index in [9.17, 15) is 18.0 Å². The normalized spacial score (nSPS) is 11.6. The third kappa shape index (κ3) is 5.21. The van der Waals surface area contributed by atoms with Crippen molar-refractivity contribution in [3.8, 4) is 11.1 Å². The molecule has 0 spiro atoms. The molecule has 12 heteroatoms. The number of hydrogen-bond acceptors (Lipinski definition) is 6. The van der Waals surface area contributed by atoms with E-state index in [4.69, 9.17) is 16.7 Å². The third-order valence-corrected chi connectivity index (χ3v) is 8.41. The van der Waals surface area contributed by atoms with Crippen molar-refractivity contribution in [2.24, 2.45) is 0 Å². The van der Waals surface area contributed by atoms with E-state index in [2.05, 4.69) is 15.3 Å². The fraction of sp³-hybridized carbons (Fsp3) is 0.143. The number of nitrogens with zero attached hydrogens (tertiary/aromatic N) is 4. The quantitative estimate of drug-likeness (QED) is 0.184. The summed E-state index contributed by atoms with van der Waals surface area (Å²) in [7, 11) is -4.02. The number of fused-ring (bicyclic) bond motifs is 2. The van der Waals surface area contributed by atoms with Crippen LogP contribution in [0.25, 0.3) is 33.1 Å². The highest BCUT2D eigenvalue weighted by molar-refractivity contribution is 7.90. The van der Waals surface area contributed by atoms with E-state index < -0.39 is 16.1 Å². The van der Waals surface area contributed by atoms with Crippen molar-refractivity contribution in [3.63, 3.8) is 0 Å². The number of aromatic nitrogens is 3. The lowest BCUT2D eigenvalue weighted by Gasteiger charge is -2.17. The molecule has 5 aromatic rings. The zero-order chi connectivity index (χ0) is 28.4. The van der Waals surface area contributed by atoms with Gasteiger partial charge in [-0.15, -0.1) is 0 Å². The zero-order valence-electron chi connectivity index (χ0n) is 21.3. The van der Waals surface area contributed by atoms with Crippen molar-refractivity contribution in [2.75, 3.05) is 18.0 Å². The molecule has 3 heterocycles. The molecular weight excluding hydrogens is 554 g/mol. The number of carbonyl (C=O) groups excluding carboxylic acids is 1. The monoisotopic (exact) mass is 577 g/mol. The van der Waals surface area contributed by atoms with Gasteiger partial charge in [0.25, 0.3) is 10.0 Å². The lowest BCUT2D eigenvalue weighted by molar-refractivity contribution is -0.107. The van der Waals surface area contributed by atoms with E-state index >= 15 is 0 Å². The second kappa shape index (κ2) is 10.9. The van der Waals surface area contributed by atoms with Gasteiger partial charge in [0.2, 0.25) is 6.41 Å². The number of pyridine rings is 2. The lowest BCUT2D eigenvalue weighted by atomic mass is 10.0. The van der Waals surface area contributed by atoms with Crippen LogP contribution in [0.5, 0.6) is 0 Å². The standard InChI is InChI=1S/C28H24ClN5O5S/c1-18-5-7-22(8-6-18)40(38,39)34-16-24(20-12-19-4-2-9-30-26(19)25(29)13-20)23-14-21(15-32-27(23)34)33(17-35)11-3-10-31-28(36)37/h2,4-9,12-17,31H,3,10-11H2,1H3,(H,36,37). The fourth-order valence-electron chi connectivity index (χ4n) is 4.45. The van der Waals surface area contributed by atoms with Gasteiger partial charge in [0, 0.05) is 41.8 Å². The van der Waals surface area contributed by atoms with Crippen LogP contribution < -0.4 is 10.2 Å². The summed E-state index contributed by atoms with van der Waals surface area (Å²) in [5.74, 6) is 0. The SMILES string of the molecule is Cc1ccc(S(=O)(=O)n2cc(-c3cc(Cl)c4ncccc4c3)c3cc(N(C=O)CCCNC(=O)O)cnc32)cc1. The number of halogens is 1. The number of anilines is 1. The van der Waals surface area contributed by atoms with Crippen molar-refractivity contribution < 1.29 is 23.1 Å². The van der Waals surface area contributed by atoms with E-state index in [-0.39, 0.29) is 23.6 Å². The highest BCUT2D eigenvalue weighted by atomic mass is 35.5. The average Bonchev–Trinajstić information content (AvgIpc) is 3.33. The van der Waals surface area contributed by atoms with Crippen LogP contribution in [0.1, 0.15) is 12.0 Å². The highest BCUT2D eigenvalue weighted by Gasteiger charge is 2.24. The molecule has 40 heavy (non-hydrogen) atoms. The first-order chi connectivity index (χ1) is 19.2. The molecule has 0 radical (unpaired) electrons. The largest absolute Gasteiger partial charge is 0.465 e. The first-order valence-corrected chi connectivity index (χ1v) is 14.1. The number of carboxylic acid groups (broad SMARTS) is 1. The van der Waals surface area contributed by atoms with Gasteiger partial charge in [-0.3, -0.25) is 9.78 Å². The van der Waals surface area contributed by atoms with Gasteiger partial charge < -0.3 is 15.3 Å². The van der Waals surface area contributed by atoms with Gasteiger partial charge in [0.1, 0.15) is 0 Å². The molecule has 5 rings (SSSR count). The van der Waals surface area contributed by atoms with Crippen molar-refractivity contribution in [2.45, 2.75) is 18.2 Å². The first-order valence-electron chi connectivity index (χ1n) is 12.3. The molecule has 3 aromatic heterocycles. The first kappa shape index (κ1) is 27.1. The Morgan fingerprint density at radius 2 is 1.93 bits per heavy atom. The van der Waals surface area contributed by atoms with E-state index in [1.807, 2.05) is 19.1 Å². The summed E-state index contributed by atoms with van der Waals surface area (Å²) in [5.41, 5.74) is 3.34. The predicted molar refractivity (Wildman–Crippen MR) is 153 cm³/mol. The predicted octanol–water partition coefficient (Wildman–Crippen LogP) is 5.07. The molecule has 0 aliphatic carbocycles. The van der Waals surface area contributed by atoms with Gasteiger partial charge in [0.05, 0.1) is 27.3 Å². The van der Waals surface area contributed by atoms with Gasteiger partial charge in [0.15, 0.2) is 5.65 Å². The minimum absolute atomic E-state index is 0.105. The van der Waals surface area contributed by atoms with Crippen molar-refractivity contribution in [1.29, 1.82) is 0 Å². The molecule has 10 nitrogen and oxygen atoms in total. The van der Waals surface area contributed by atoms with Gasteiger partial charge in [-0.25, -0.2) is 22.2 Å². The maximum atomic E-state index is 13.8. The molecule has 2 amide bonds. The number of carbonyl (C=O) groups is 2. The Kier molecular flexibility index (Phi) is 7.42. The number of aryl methyl sites for hydroxylation is 1. The maximum absolute atomic E-state index is 13.8. The van der Waals surface area contributed by atoms with E-state index in [0.717, 1.165) is 14.9 Å². The minimum atomic E-state index is -4.02. The Balaban J connectivity index is 1.67. The average molecular weight is 578 g/mol. The second-order valence-electron chi connectivity index (χ2n) is 9.14. The Bertz CT molecular complexity index is 1860. The molecule has 0 saturated heterocycles. The third-order valence-electron chi connectivity index (χ3n) is 6.46. The van der Waals surface area contributed by atoms with Crippen LogP contribution in [-0.4, -0.2) is 53.1 Å². The number of benzene rings is 2. The molecule has 0 aliphatic rings. The molecule has 0 aliphatic heterocycles. The summed E-state index contributed by atoms with van der Waals surface area (Å²) in [6.07, 6.45) is 4.42. The summed E-state index contributed by atoms with van der Waals surface area (Å²) in [5, 5.41) is 12.7. The van der Waals surface area contributed by atoms with Crippen LogP contribution >= 0.6 is 11.6 Å². The summed E-state index contributed by atoms with van der Waals surface area (Å²) in [6.45, 7) is 2.26. The van der Waals surface area contributed by atoms with Crippen LogP contribution in [0.2, 0.25) is 5.02 Å². The Hall–Kier alpha value is -4.48. The summed E-state index contributed by atoms with van der Waals surface area (Å²) >= 11 is 6.56. The van der Waals surface area contributed by atoms with Crippen LogP contribution in [0.3, 0.4) is 0 Å². The highest BCUT2D eigenvalue weighted by Crippen LogP contribution is 2.37. The minimum Gasteiger partial charge on any atom is -0.465 e. The number of rotatable bonds is 9. The Morgan fingerprint density at radius 1 is 1.15 bits per heavy atom. The fourth-order valence-corrected chi connectivity index (χ4v) is 6.05. The van der Waals surface area contributed by atoms with Crippen LogP contribution in [-0.2, 0) is 14.8 Å². The van der Waals surface area contributed by atoms with Crippen molar-refractivity contribution in [3.05, 3.63) is 83.8 Å². The molecule has 204 valence electrons. The topological polar surface area (TPSA) is 134 Å². The summed E-state index contributed by atoms with van der Waals surface area (Å²) in [4.78, 5) is 33.0. The van der Waals surface area contributed by atoms with Crippen molar-refractivity contribution in [1.82, 2.24) is 19.3 Å². The van der Waals surface area contributed by atoms with E-state index in [1.165, 1.54) is 17.3 Å². The van der Waals surface area contributed by atoms with Crippen molar-refractivity contribution >= 4 is 61.8 Å². The summed E-state index contributed by atoms with van der Waals surface area (Å²) in [6, 6.07) is 15.5. The molecular formula is C28H24ClN5O5S. The summed E-state index contributed by atoms with van der Waals surface area (Å²) < 4.78 is 28.6. The van der Waals surface area contributed by atoms with E-state index in [1.54, 1.807) is 48.7 Å². The van der Waals surface area contributed by atoms with Crippen LogP contribution in [0.15, 0.2) is 78.1 Å². The van der Waals surface area contributed by atoms with Gasteiger partial charge >= 0.3 is 6.09 Å². The van der Waals surface area contributed by atoms with Gasteiger partial charge in [-0.1, -0.05) is 35.4 Å². The molecule has 0 unspecified atom stereocenters. The molecule has 0 atom stereocenters. The van der Waals surface area contributed by atoms with Crippen LogP contribution in [0, 0.1) is 6.92 Å². The molecule has 0 saturated carbocycles. The molecule has 2 N–H and O–H groups in total. The molecule has 0 fully saturated rings. The second-order valence-corrected chi connectivity index (χ2v) is 11.4. The number of hydrogen-bond donors (Lipinski definition) is 2. The van der Waals surface area contributed by atoms with E-state index in [0.29, 0.717) is 45.6 Å².